The molecule has 0 bridgehead atoms. The highest BCUT2D eigenvalue weighted by molar-refractivity contribution is 7.12. The highest BCUT2D eigenvalue weighted by Crippen LogP contribution is 2.25. The molecule has 94 valence electrons. The molecule has 0 fully saturated rings. The summed E-state index contributed by atoms with van der Waals surface area (Å²) < 4.78 is 13.6. The first-order valence-corrected chi connectivity index (χ1v) is 6.51. The van der Waals surface area contributed by atoms with Crippen molar-refractivity contribution in [3.63, 3.8) is 0 Å². The number of thiophene rings is 1. The second-order valence-electron chi connectivity index (χ2n) is 3.88. The summed E-state index contributed by atoms with van der Waals surface area (Å²) in [6.45, 7) is 3.79. The molecule has 1 N–H and O–H groups in total. The number of carbonyl (C=O) groups is 1. The Balaban J connectivity index is 2.27. The molecule has 18 heavy (non-hydrogen) atoms. The molecule has 0 aliphatic rings. The summed E-state index contributed by atoms with van der Waals surface area (Å²) in [5.41, 5.74) is 0.660. The van der Waals surface area contributed by atoms with Crippen LogP contribution in [0.4, 0.5) is 10.1 Å². The zero-order valence-electron chi connectivity index (χ0n) is 9.88. The number of hydrogen-bond donors (Lipinski definition) is 1. The van der Waals surface area contributed by atoms with Crippen LogP contribution in [0.15, 0.2) is 24.3 Å². The Labute approximate surface area is 113 Å². The van der Waals surface area contributed by atoms with E-state index in [1.54, 1.807) is 12.1 Å². The van der Waals surface area contributed by atoms with Gasteiger partial charge >= 0.3 is 0 Å². The van der Waals surface area contributed by atoms with E-state index in [4.69, 9.17) is 11.6 Å². The highest BCUT2D eigenvalue weighted by Gasteiger charge is 2.14. The predicted octanol–water partition coefficient (Wildman–Crippen LogP) is 4.41. The third-order valence-electron chi connectivity index (χ3n) is 2.49. The lowest BCUT2D eigenvalue weighted by atomic mass is 10.2. The van der Waals surface area contributed by atoms with Crippen LogP contribution in [0.1, 0.15) is 20.1 Å². The monoisotopic (exact) mass is 283 g/mol. The largest absolute Gasteiger partial charge is 0.319 e. The van der Waals surface area contributed by atoms with Crippen LogP contribution in [0, 0.1) is 19.7 Å². The van der Waals surface area contributed by atoms with Crippen LogP contribution in [-0.2, 0) is 0 Å². The van der Waals surface area contributed by atoms with Crippen LogP contribution >= 0.6 is 22.9 Å². The molecule has 0 aliphatic carbocycles. The Hall–Kier alpha value is -1.39. The van der Waals surface area contributed by atoms with E-state index in [0.717, 1.165) is 9.75 Å². The number of rotatable bonds is 2. The molecule has 0 saturated heterocycles. The molecule has 2 rings (SSSR count). The van der Waals surface area contributed by atoms with Gasteiger partial charge in [-0.1, -0.05) is 17.7 Å². The highest BCUT2D eigenvalue weighted by atomic mass is 35.5. The summed E-state index contributed by atoms with van der Waals surface area (Å²) in [6.07, 6.45) is 0. The maximum atomic E-state index is 13.6. The second-order valence-corrected chi connectivity index (χ2v) is 5.75. The van der Waals surface area contributed by atoms with Crippen LogP contribution in [0.25, 0.3) is 0 Å². The lowest BCUT2D eigenvalue weighted by molar-refractivity contribution is 0.102. The van der Waals surface area contributed by atoms with E-state index in [9.17, 15) is 9.18 Å². The van der Waals surface area contributed by atoms with Gasteiger partial charge in [0.15, 0.2) is 5.82 Å². The lowest BCUT2D eigenvalue weighted by Crippen LogP contribution is -2.13. The minimum absolute atomic E-state index is 0.00831. The fourth-order valence-corrected chi connectivity index (χ4v) is 2.74. The SMILES string of the molecule is Cc1cc(C(=O)Nc2cccc(Cl)c2F)c(C)s1. The minimum atomic E-state index is -0.614. The Bertz CT molecular complexity index is 609. The molecule has 0 radical (unpaired) electrons. The summed E-state index contributed by atoms with van der Waals surface area (Å²) in [6, 6.07) is 6.30. The number of carbonyl (C=O) groups excluding carboxylic acids is 1. The summed E-state index contributed by atoms with van der Waals surface area (Å²) in [5.74, 6) is -0.935. The average molecular weight is 284 g/mol. The van der Waals surface area contributed by atoms with Crippen molar-refractivity contribution >= 4 is 34.5 Å². The third-order valence-corrected chi connectivity index (χ3v) is 3.74. The maximum absolute atomic E-state index is 13.6. The van der Waals surface area contributed by atoms with Crippen molar-refractivity contribution in [2.75, 3.05) is 5.32 Å². The molecular weight excluding hydrogens is 273 g/mol. The zero-order valence-corrected chi connectivity index (χ0v) is 11.5. The quantitative estimate of drug-likeness (QED) is 0.869. The smallest absolute Gasteiger partial charge is 0.256 e. The van der Waals surface area contributed by atoms with Crippen molar-refractivity contribution in [1.82, 2.24) is 0 Å². The van der Waals surface area contributed by atoms with Gasteiger partial charge in [0.1, 0.15) is 0 Å². The molecule has 2 nitrogen and oxygen atoms in total. The number of hydrogen-bond acceptors (Lipinski definition) is 2. The van der Waals surface area contributed by atoms with Gasteiger partial charge in [0.05, 0.1) is 16.3 Å². The number of aryl methyl sites for hydroxylation is 2. The molecular formula is C13H11ClFNOS. The molecule has 0 spiro atoms. The topological polar surface area (TPSA) is 29.1 Å². The molecule has 5 heteroatoms. The van der Waals surface area contributed by atoms with E-state index in [1.165, 1.54) is 23.5 Å². The van der Waals surface area contributed by atoms with Gasteiger partial charge in [-0.15, -0.1) is 11.3 Å². The van der Waals surface area contributed by atoms with E-state index < -0.39 is 5.82 Å². The first kappa shape index (κ1) is 13.1. The van der Waals surface area contributed by atoms with Gasteiger partial charge in [0.25, 0.3) is 5.91 Å². The molecule has 0 saturated carbocycles. The molecule has 0 unspecified atom stereocenters. The number of anilines is 1. The second kappa shape index (κ2) is 5.08. The summed E-state index contributed by atoms with van der Waals surface area (Å²) >= 11 is 7.19. The van der Waals surface area contributed by atoms with Gasteiger partial charge in [-0.05, 0) is 32.0 Å². The van der Waals surface area contributed by atoms with E-state index in [0.29, 0.717) is 5.56 Å². The van der Waals surface area contributed by atoms with Gasteiger partial charge in [-0.25, -0.2) is 4.39 Å². The molecule has 2 aromatic rings. The standard InChI is InChI=1S/C13H11ClFNOS/c1-7-6-9(8(2)18-7)13(17)16-11-5-3-4-10(14)12(11)15/h3-6H,1-2H3,(H,16,17). The first-order chi connectivity index (χ1) is 8.49. The number of halogens is 2. The normalized spacial score (nSPS) is 10.4. The zero-order chi connectivity index (χ0) is 13.3. The van der Waals surface area contributed by atoms with E-state index in [1.807, 2.05) is 13.8 Å². The Morgan fingerprint density at radius 2 is 2.11 bits per heavy atom. The fraction of sp³-hybridized carbons (Fsp3) is 0.154. The lowest BCUT2D eigenvalue weighted by Gasteiger charge is -2.06. The third kappa shape index (κ3) is 2.54. The number of benzene rings is 1. The molecule has 1 heterocycles. The van der Waals surface area contributed by atoms with Gasteiger partial charge in [-0.2, -0.15) is 0 Å². The molecule has 0 aliphatic heterocycles. The van der Waals surface area contributed by atoms with Crippen LogP contribution in [-0.4, -0.2) is 5.91 Å². The van der Waals surface area contributed by atoms with Crippen LogP contribution in [0.5, 0.6) is 0 Å². The van der Waals surface area contributed by atoms with Gasteiger partial charge in [0.2, 0.25) is 0 Å². The molecule has 0 atom stereocenters. The van der Waals surface area contributed by atoms with Crippen molar-refractivity contribution in [2.24, 2.45) is 0 Å². The van der Waals surface area contributed by atoms with Crippen molar-refractivity contribution in [3.8, 4) is 0 Å². The predicted molar refractivity (Wildman–Crippen MR) is 73.2 cm³/mol. The van der Waals surface area contributed by atoms with E-state index in [-0.39, 0.29) is 16.6 Å². The Morgan fingerprint density at radius 3 is 2.72 bits per heavy atom. The van der Waals surface area contributed by atoms with Crippen LogP contribution in [0.3, 0.4) is 0 Å². The average Bonchev–Trinajstić information content (AvgIpc) is 2.64. The Morgan fingerprint density at radius 1 is 1.39 bits per heavy atom. The Kier molecular flexibility index (Phi) is 3.68. The number of amides is 1. The first-order valence-electron chi connectivity index (χ1n) is 5.31. The van der Waals surface area contributed by atoms with Crippen molar-refractivity contribution in [2.45, 2.75) is 13.8 Å². The van der Waals surface area contributed by atoms with Gasteiger partial charge in [-0.3, -0.25) is 4.79 Å². The van der Waals surface area contributed by atoms with Crippen molar-refractivity contribution in [1.29, 1.82) is 0 Å². The summed E-state index contributed by atoms with van der Waals surface area (Å²) in [4.78, 5) is 14.0. The molecule has 1 aromatic heterocycles. The van der Waals surface area contributed by atoms with Crippen molar-refractivity contribution < 1.29 is 9.18 Å². The minimum Gasteiger partial charge on any atom is -0.319 e. The summed E-state index contributed by atoms with van der Waals surface area (Å²) in [7, 11) is 0. The summed E-state index contributed by atoms with van der Waals surface area (Å²) in [5, 5.41) is 2.52. The van der Waals surface area contributed by atoms with Crippen LogP contribution in [0.2, 0.25) is 5.02 Å². The van der Waals surface area contributed by atoms with Gasteiger partial charge in [0, 0.05) is 9.75 Å². The van der Waals surface area contributed by atoms with E-state index >= 15 is 0 Å². The molecule has 1 amide bonds. The number of nitrogens with one attached hydrogen (secondary N) is 1. The van der Waals surface area contributed by atoms with Crippen LogP contribution < -0.4 is 5.32 Å². The van der Waals surface area contributed by atoms with Crippen molar-refractivity contribution in [3.05, 3.63) is 50.4 Å². The molecule has 1 aromatic carbocycles. The van der Waals surface area contributed by atoms with Gasteiger partial charge < -0.3 is 5.32 Å². The maximum Gasteiger partial charge on any atom is 0.256 e. The fourth-order valence-electron chi connectivity index (χ4n) is 1.65. The van der Waals surface area contributed by atoms with E-state index in [2.05, 4.69) is 5.32 Å².